The summed E-state index contributed by atoms with van der Waals surface area (Å²) in [5.74, 6) is -0.993. The molecule has 0 atom stereocenters. The second kappa shape index (κ2) is 6.53. The number of nitrogens with one attached hydrogen (secondary N) is 2. The Labute approximate surface area is 126 Å². The fraction of sp³-hybridized carbons (Fsp3) is 0.182. The van der Waals surface area contributed by atoms with Gasteiger partial charge in [0.05, 0.1) is 22.2 Å². The molecule has 0 aromatic carbocycles. The van der Waals surface area contributed by atoms with E-state index in [9.17, 15) is 9.59 Å². The van der Waals surface area contributed by atoms with E-state index < -0.39 is 5.97 Å². The molecule has 0 saturated heterocycles. The van der Waals surface area contributed by atoms with Crippen LogP contribution in [0, 0.1) is 0 Å². The minimum atomic E-state index is -0.993. The van der Waals surface area contributed by atoms with Crippen molar-refractivity contribution in [2.45, 2.75) is 13.1 Å². The van der Waals surface area contributed by atoms with Crippen LogP contribution < -0.4 is 10.6 Å². The van der Waals surface area contributed by atoms with Crippen LogP contribution in [-0.2, 0) is 17.9 Å². The Morgan fingerprint density at radius 1 is 1.45 bits per heavy atom. The molecule has 2 amide bonds. The molecule has 0 radical (unpaired) electrons. The largest absolute Gasteiger partial charge is 0.480 e. The molecule has 0 aliphatic heterocycles. The number of rotatable bonds is 5. The van der Waals surface area contributed by atoms with E-state index in [1.165, 1.54) is 28.4 Å². The van der Waals surface area contributed by atoms with Gasteiger partial charge in [-0.1, -0.05) is 0 Å². The standard InChI is InChI=1S/C11H11BrN4O3S/c12-9-2-1-8(20-9)4-13-11(19)15-7-3-14-16(5-7)6-10(17)18/h1-3,5H,4,6H2,(H,17,18)(H2,13,15,19). The number of halogens is 1. The van der Waals surface area contributed by atoms with Gasteiger partial charge < -0.3 is 15.7 Å². The van der Waals surface area contributed by atoms with Crippen LogP contribution in [0.25, 0.3) is 0 Å². The lowest BCUT2D eigenvalue weighted by Crippen LogP contribution is -2.27. The highest BCUT2D eigenvalue weighted by Crippen LogP contribution is 2.21. The number of anilines is 1. The van der Waals surface area contributed by atoms with Gasteiger partial charge >= 0.3 is 12.0 Å². The smallest absolute Gasteiger partial charge is 0.325 e. The summed E-state index contributed by atoms with van der Waals surface area (Å²) in [4.78, 5) is 23.2. The van der Waals surface area contributed by atoms with Crippen molar-refractivity contribution >= 4 is 45.0 Å². The molecule has 9 heteroatoms. The molecule has 0 unspecified atom stereocenters. The van der Waals surface area contributed by atoms with E-state index in [1.807, 2.05) is 12.1 Å². The Kier molecular flexibility index (Phi) is 4.74. The van der Waals surface area contributed by atoms with E-state index >= 15 is 0 Å². The second-order valence-corrected chi connectivity index (χ2v) is 6.38. The minimum absolute atomic E-state index is 0.244. The summed E-state index contributed by atoms with van der Waals surface area (Å²) < 4.78 is 2.23. The molecule has 7 nitrogen and oxygen atoms in total. The number of aliphatic carboxylic acids is 1. The van der Waals surface area contributed by atoms with Crippen molar-refractivity contribution in [3.8, 4) is 0 Å². The Morgan fingerprint density at radius 3 is 2.90 bits per heavy atom. The summed E-state index contributed by atoms with van der Waals surface area (Å²) in [6.45, 7) is 0.178. The number of carboxylic acid groups (broad SMARTS) is 1. The number of amides is 2. The zero-order valence-corrected chi connectivity index (χ0v) is 12.6. The molecule has 2 aromatic heterocycles. The molecule has 0 aliphatic rings. The van der Waals surface area contributed by atoms with Crippen molar-refractivity contribution in [2.75, 3.05) is 5.32 Å². The number of urea groups is 1. The molecular weight excluding hydrogens is 348 g/mol. The maximum atomic E-state index is 11.6. The van der Waals surface area contributed by atoms with Gasteiger partial charge in [-0.2, -0.15) is 5.10 Å². The Bertz CT molecular complexity index is 625. The molecule has 20 heavy (non-hydrogen) atoms. The number of carboxylic acids is 1. The second-order valence-electron chi connectivity index (χ2n) is 3.83. The highest BCUT2D eigenvalue weighted by molar-refractivity contribution is 9.11. The van der Waals surface area contributed by atoms with E-state index in [2.05, 4.69) is 31.7 Å². The van der Waals surface area contributed by atoms with Crippen LogP contribution in [0.15, 0.2) is 28.3 Å². The van der Waals surface area contributed by atoms with Crippen molar-refractivity contribution in [1.29, 1.82) is 0 Å². The van der Waals surface area contributed by atoms with Crippen LogP contribution in [0.3, 0.4) is 0 Å². The third-order valence-corrected chi connectivity index (χ3v) is 3.86. The number of thiophene rings is 1. The van der Waals surface area contributed by atoms with Crippen molar-refractivity contribution in [1.82, 2.24) is 15.1 Å². The lowest BCUT2D eigenvalue weighted by atomic mass is 10.4. The predicted octanol–water partition coefficient (Wildman–Crippen LogP) is 2.11. The van der Waals surface area contributed by atoms with Crippen molar-refractivity contribution < 1.29 is 14.7 Å². The lowest BCUT2D eigenvalue weighted by Gasteiger charge is -2.04. The number of hydrogen-bond acceptors (Lipinski definition) is 4. The van der Waals surface area contributed by atoms with Gasteiger partial charge in [0.1, 0.15) is 6.54 Å². The van der Waals surface area contributed by atoms with E-state index in [0.29, 0.717) is 12.2 Å². The Morgan fingerprint density at radius 2 is 2.25 bits per heavy atom. The topological polar surface area (TPSA) is 96.2 Å². The summed E-state index contributed by atoms with van der Waals surface area (Å²) in [6, 6.07) is 3.46. The number of nitrogens with zero attached hydrogens (tertiary/aromatic N) is 2. The van der Waals surface area contributed by atoms with Crippen LogP contribution in [0.5, 0.6) is 0 Å². The lowest BCUT2D eigenvalue weighted by molar-refractivity contribution is -0.137. The van der Waals surface area contributed by atoms with Gasteiger partial charge in [0.25, 0.3) is 0 Å². The first kappa shape index (κ1) is 14.5. The fourth-order valence-electron chi connectivity index (χ4n) is 1.44. The summed E-state index contributed by atoms with van der Waals surface area (Å²) in [5.41, 5.74) is 0.441. The fourth-order valence-corrected chi connectivity index (χ4v) is 2.87. The SMILES string of the molecule is O=C(O)Cn1cc(NC(=O)NCc2ccc(Br)s2)cn1. The Hall–Kier alpha value is -1.87. The third kappa shape index (κ3) is 4.35. The molecule has 0 fully saturated rings. The Balaban J connectivity index is 1.82. The van der Waals surface area contributed by atoms with Gasteiger partial charge in [-0.25, -0.2) is 4.79 Å². The van der Waals surface area contributed by atoms with Crippen LogP contribution in [0.1, 0.15) is 4.88 Å². The van der Waals surface area contributed by atoms with Gasteiger partial charge in [0, 0.05) is 11.1 Å². The van der Waals surface area contributed by atoms with Crippen molar-refractivity contribution in [2.24, 2.45) is 0 Å². The van der Waals surface area contributed by atoms with E-state index in [-0.39, 0.29) is 12.6 Å². The molecule has 0 bridgehead atoms. The predicted molar refractivity (Wildman–Crippen MR) is 77.7 cm³/mol. The molecular formula is C11H11BrN4O3S. The first-order valence-electron chi connectivity index (χ1n) is 5.56. The molecule has 0 spiro atoms. The number of carbonyl (C=O) groups is 2. The number of aromatic nitrogens is 2. The number of carbonyl (C=O) groups excluding carboxylic acids is 1. The zero-order chi connectivity index (χ0) is 14.5. The number of hydrogen-bond donors (Lipinski definition) is 3. The van der Waals surface area contributed by atoms with Crippen LogP contribution >= 0.6 is 27.3 Å². The average Bonchev–Trinajstić information content (AvgIpc) is 2.95. The van der Waals surface area contributed by atoms with Gasteiger partial charge in [0.2, 0.25) is 0 Å². The first-order chi connectivity index (χ1) is 9.52. The average molecular weight is 359 g/mol. The van der Waals surface area contributed by atoms with Gasteiger partial charge in [-0.15, -0.1) is 11.3 Å². The van der Waals surface area contributed by atoms with Gasteiger partial charge in [0.15, 0.2) is 0 Å². The highest BCUT2D eigenvalue weighted by atomic mass is 79.9. The minimum Gasteiger partial charge on any atom is -0.480 e. The van der Waals surface area contributed by atoms with E-state index in [1.54, 1.807) is 0 Å². The summed E-state index contributed by atoms with van der Waals surface area (Å²) >= 11 is 4.89. The molecule has 0 saturated carbocycles. The third-order valence-electron chi connectivity index (χ3n) is 2.24. The summed E-state index contributed by atoms with van der Waals surface area (Å²) in [5, 5.41) is 17.7. The summed E-state index contributed by atoms with van der Waals surface area (Å²) in [7, 11) is 0. The van der Waals surface area contributed by atoms with E-state index in [0.717, 1.165) is 8.66 Å². The van der Waals surface area contributed by atoms with Gasteiger partial charge in [-0.05, 0) is 28.1 Å². The van der Waals surface area contributed by atoms with Crippen LogP contribution in [0.2, 0.25) is 0 Å². The maximum Gasteiger partial charge on any atom is 0.325 e. The monoisotopic (exact) mass is 358 g/mol. The maximum absolute atomic E-state index is 11.6. The highest BCUT2D eigenvalue weighted by Gasteiger charge is 2.06. The van der Waals surface area contributed by atoms with Crippen molar-refractivity contribution in [3.05, 3.63) is 33.2 Å². The normalized spacial score (nSPS) is 10.2. The van der Waals surface area contributed by atoms with Crippen LogP contribution in [0.4, 0.5) is 10.5 Å². The summed E-state index contributed by atoms with van der Waals surface area (Å²) in [6.07, 6.45) is 2.85. The quantitative estimate of drug-likeness (QED) is 0.762. The molecule has 2 rings (SSSR count). The first-order valence-corrected chi connectivity index (χ1v) is 7.17. The van der Waals surface area contributed by atoms with Gasteiger partial charge in [-0.3, -0.25) is 9.48 Å². The molecule has 2 aromatic rings. The molecule has 106 valence electrons. The molecule has 0 aliphatic carbocycles. The molecule has 3 N–H and O–H groups in total. The zero-order valence-electron chi connectivity index (χ0n) is 10.2. The molecule has 2 heterocycles. The van der Waals surface area contributed by atoms with E-state index in [4.69, 9.17) is 5.11 Å². The van der Waals surface area contributed by atoms with Crippen LogP contribution in [-0.4, -0.2) is 26.9 Å². The van der Waals surface area contributed by atoms with Crippen molar-refractivity contribution in [3.63, 3.8) is 0 Å².